The summed E-state index contributed by atoms with van der Waals surface area (Å²) >= 11 is 11.7. The van der Waals surface area contributed by atoms with E-state index in [9.17, 15) is 18.0 Å². The molecule has 0 radical (unpaired) electrons. The molecular weight excluding hydrogens is 473 g/mol. The number of halogens is 2. The van der Waals surface area contributed by atoms with Crippen molar-refractivity contribution in [1.29, 1.82) is 0 Å². The van der Waals surface area contributed by atoms with Crippen molar-refractivity contribution in [2.75, 3.05) is 25.0 Å². The minimum atomic E-state index is -3.60. The fourth-order valence-corrected chi connectivity index (χ4v) is 5.20. The smallest absolute Gasteiger partial charge is 0.243 e. The Balaban J connectivity index is 1.37. The lowest BCUT2D eigenvalue weighted by Crippen LogP contribution is -2.43. The summed E-state index contributed by atoms with van der Waals surface area (Å²) in [6.45, 7) is 0.954. The molecule has 1 saturated heterocycles. The molecule has 0 bridgehead atoms. The first-order valence-corrected chi connectivity index (χ1v) is 12.5. The molecule has 2 aromatic rings. The molecular formula is C22H25Cl2N3O4S. The molecule has 3 rings (SSSR count). The molecule has 1 aliphatic rings. The van der Waals surface area contributed by atoms with Crippen molar-refractivity contribution in [3.8, 4) is 0 Å². The first-order chi connectivity index (χ1) is 15.3. The maximum Gasteiger partial charge on any atom is 0.243 e. The minimum Gasteiger partial charge on any atom is -0.356 e. The topological polar surface area (TPSA) is 95.6 Å². The first kappa shape index (κ1) is 24.5. The molecule has 1 heterocycles. The third-order valence-electron chi connectivity index (χ3n) is 5.28. The van der Waals surface area contributed by atoms with Gasteiger partial charge in [0.25, 0.3) is 0 Å². The predicted molar refractivity (Wildman–Crippen MR) is 125 cm³/mol. The van der Waals surface area contributed by atoms with Gasteiger partial charge in [-0.25, -0.2) is 8.42 Å². The second-order valence-electron chi connectivity index (χ2n) is 7.58. The zero-order valence-electron chi connectivity index (χ0n) is 17.4. The molecule has 2 aromatic carbocycles. The van der Waals surface area contributed by atoms with Crippen molar-refractivity contribution in [1.82, 2.24) is 9.62 Å². The molecule has 0 unspecified atom stereocenters. The van der Waals surface area contributed by atoms with E-state index in [2.05, 4.69) is 10.6 Å². The Morgan fingerprint density at radius 2 is 1.50 bits per heavy atom. The third-order valence-corrected chi connectivity index (χ3v) is 7.70. The largest absolute Gasteiger partial charge is 0.356 e. The number of carbonyl (C=O) groups excluding carboxylic acids is 2. The summed E-state index contributed by atoms with van der Waals surface area (Å²) < 4.78 is 26.9. The number of piperidine rings is 1. The van der Waals surface area contributed by atoms with E-state index in [1.807, 2.05) is 0 Å². The monoisotopic (exact) mass is 497 g/mol. The van der Waals surface area contributed by atoms with E-state index < -0.39 is 10.0 Å². The number of rotatable bonds is 8. The molecule has 0 spiro atoms. The van der Waals surface area contributed by atoms with Crippen molar-refractivity contribution < 1.29 is 18.0 Å². The summed E-state index contributed by atoms with van der Waals surface area (Å²) in [4.78, 5) is 24.6. The SMILES string of the molecule is O=C(CCCNC(=O)C1CCN(S(=O)(=O)c2ccc(Cl)cc2)CC1)Nc1ccc(Cl)cc1. The van der Waals surface area contributed by atoms with Crippen LogP contribution in [0.1, 0.15) is 25.7 Å². The zero-order valence-corrected chi connectivity index (χ0v) is 19.7. The number of amides is 2. The van der Waals surface area contributed by atoms with Crippen LogP contribution in [0.25, 0.3) is 0 Å². The molecule has 1 fully saturated rings. The highest BCUT2D eigenvalue weighted by Gasteiger charge is 2.31. The Morgan fingerprint density at radius 3 is 2.09 bits per heavy atom. The number of benzene rings is 2. The van der Waals surface area contributed by atoms with Gasteiger partial charge in [-0.05, 0) is 67.8 Å². The van der Waals surface area contributed by atoms with Crippen molar-refractivity contribution >= 4 is 50.7 Å². The van der Waals surface area contributed by atoms with E-state index in [1.54, 1.807) is 36.4 Å². The van der Waals surface area contributed by atoms with Crippen LogP contribution in [-0.4, -0.2) is 44.2 Å². The van der Waals surface area contributed by atoms with Gasteiger partial charge in [0.2, 0.25) is 21.8 Å². The molecule has 2 N–H and O–H groups in total. The molecule has 0 aromatic heterocycles. The van der Waals surface area contributed by atoms with Gasteiger partial charge in [-0.2, -0.15) is 4.31 Å². The van der Waals surface area contributed by atoms with Crippen LogP contribution in [0.15, 0.2) is 53.4 Å². The second kappa shape index (κ2) is 11.1. The fraction of sp³-hybridized carbons (Fsp3) is 0.364. The number of hydrogen-bond acceptors (Lipinski definition) is 4. The molecule has 0 saturated carbocycles. The predicted octanol–water partition coefficient (Wildman–Crippen LogP) is 3.93. The average molecular weight is 498 g/mol. The Morgan fingerprint density at radius 1 is 0.938 bits per heavy atom. The van der Waals surface area contributed by atoms with Crippen LogP contribution in [0.4, 0.5) is 5.69 Å². The molecule has 0 aliphatic carbocycles. The molecule has 0 atom stereocenters. The van der Waals surface area contributed by atoms with Crippen molar-refractivity contribution in [3.05, 3.63) is 58.6 Å². The van der Waals surface area contributed by atoms with Gasteiger partial charge in [0.15, 0.2) is 0 Å². The molecule has 32 heavy (non-hydrogen) atoms. The maximum absolute atomic E-state index is 12.7. The molecule has 172 valence electrons. The van der Waals surface area contributed by atoms with Gasteiger partial charge in [0.1, 0.15) is 0 Å². The maximum atomic E-state index is 12.7. The van der Waals surface area contributed by atoms with E-state index in [4.69, 9.17) is 23.2 Å². The van der Waals surface area contributed by atoms with Gasteiger partial charge in [-0.15, -0.1) is 0 Å². The summed E-state index contributed by atoms with van der Waals surface area (Å²) in [5, 5.41) is 6.70. The number of nitrogens with zero attached hydrogens (tertiary/aromatic N) is 1. The van der Waals surface area contributed by atoms with E-state index in [0.717, 1.165) is 0 Å². The van der Waals surface area contributed by atoms with Crippen LogP contribution in [0.5, 0.6) is 0 Å². The lowest BCUT2D eigenvalue weighted by atomic mass is 9.97. The zero-order chi connectivity index (χ0) is 23.1. The molecule has 2 amide bonds. The van der Waals surface area contributed by atoms with Gasteiger partial charge in [0.05, 0.1) is 4.90 Å². The van der Waals surface area contributed by atoms with Crippen molar-refractivity contribution in [3.63, 3.8) is 0 Å². The van der Waals surface area contributed by atoms with E-state index in [-0.39, 0.29) is 42.1 Å². The van der Waals surface area contributed by atoms with E-state index in [1.165, 1.54) is 16.4 Å². The van der Waals surface area contributed by atoms with Crippen LogP contribution in [0.2, 0.25) is 10.0 Å². The molecule has 7 nitrogen and oxygen atoms in total. The first-order valence-electron chi connectivity index (χ1n) is 10.3. The van der Waals surface area contributed by atoms with E-state index in [0.29, 0.717) is 41.5 Å². The molecule has 1 aliphatic heterocycles. The normalized spacial score (nSPS) is 15.3. The Kier molecular flexibility index (Phi) is 8.53. The Bertz CT molecular complexity index is 1040. The molecule has 10 heteroatoms. The summed E-state index contributed by atoms with van der Waals surface area (Å²) in [7, 11) is -3.60. The van der Waals surface area contributed by atoms with E-state index >= 15 is 0 Å². The number of hydrogen-bond donors (Lipinski definition) is 2. The summed E-state index contributed by atoms with van der Waals surface area (Å²) in [6.07, 6.45) is 1.70. The van der Waals surface area contributed by atoms with Gasteiger partial charge in [0, 0.05) is 47.7 Å². The van der Waals surface area contributed by atoms with Crippen LogP contribution >= 0.6 is 23.2 Å². The van der Waals surface area contributed by atoms with Gasteiger partial charge >= 0.3 is 0 Å². The minimum absolute atomic E-state index is 0.105. The number of carbonyl (C=O) groups is 2. The van der Waals surface area contributed by atoms with Gasteiger partial charge in [-0.3, -0.25) is 9.59 Å². The number of anilines is 1. The van der Waals surface area contributed by atoms with Crippen LogP contribution in [0.3, 0.4) is 0 Å². The lowest BCUT2D eigenvalue weighted by Gasteiger charge is -2.30. The van der Waals surface area contributed by atoms with Crippen LogP contribution in [-0.2, 0) is 19.6 Å². The highest BCUT2D eigenvalue weighted by Crippen LogP contribution is 2.25. The highest BCUT2D eigenvalue weighted by atomic mass is 35.5. The van der Waals surface area contributed by atoms with Crippen LogP contribution < -0.4 is 10.6 Å². The lowest BCUT2D eigenvalue weighted by molar-refractivity contribution is -0.126. The van der Waals surface area contributed by atoms with Crippen LogP contribution in [0, 0.1) is 5.92 Å². The van der Waals surface area contributed by atoms with Gasteiger partial charge in [-0.1, -0.05) is 23.2 Å². The fourth-order valence-electron chi connectivity index (χ4n) is 3.48. The number of sulfonamides is 1. The Hall–Kier alpha value is -2.13. The standard InChI is InChI=1S/C22H25Cl2N3O4S/c23-17-3-7-19(8-4-17)26-21(28)2-1-13-25-22(29)16-11-14-27(15-12-16)32(30,31)20-9-5-18(24)6-10-20/h3-10,16H,1-2,11-15H2,(H,25,29)(H,26,28). The highest BCUT2D eigenvalue weighted by molar-refractivity contribution is 7.89. The average Bonchev–Trinajstić information content (AvgIpc) is 2.78. The number of nitrogens with one attached hydrogen (secondary N) is 2. The third kappa shape index (κ3) is 6.68. The van der Waals surface area contributed by atoms with Crippen molar-refractivity contribution in [2.24, 2.45) is 5.92 Å². The summed E-state index contributed by atoms with van der Waals surface area (Å²) in [5.74, 6) is -0.483. The summed E-state index contributed by atoms with van der Waals surface area (Å²) in [5.41, 5.74) is 0.670. The van der Waals surface area contributed by atoms with Gasteiger partial charge < -0.3 is 10.6 Å². The Labute approximate surface area is 198 Å². The quantitative estimate of drug-likeness (QED) is 0.540. The second-order valence-corrected chi connectivity index (χ2v) is 10.4. The summed E-state index contributed by atoms with van der Waals surface area (Å²) in [6, 6.07) is 12.9. The van der Waals surface area contributed by atoms with Crippen molar-refractivity contribution in [2.45, 2.75) is 30.6 Å².